The molecule has 2 bridgehead atoms. The van der Waals surface area contributed by atoms with Crippen LogP contribution in [-0.4, -0.2) is 5.78 Å². The molecule has 12 heavy (non-hydrogen) atoms. The molecule has 0 spiro atoms. The summed E-state index contributed by atoms with van der Waals surface area (Å²) in [5.74, 6) is 2.27. The molecule has 0 N–H and O–H groups in total. The van der Waals surface area contributed by atoms with Crippen molar-refractivity contribution in [1.82, 2.24) is 0 Å². The molecule has 0 heterocycles. The number of fused-ring (bicyclic) bond motifs is 2. The zero-order chi connectivity index (χ0) is 8.72. The smallest absolute Gasteiger partial charge is 0.133 e. The maximum Gasteiger partial charge on any atom is 0.133 e. The van der Waals surface area contributed by atoms with Crippen LogP contribution in [0.3, 0.4) is 0 Å². The second-order valence-corrected chi connectivity index (χ2v) is 4.21. The van der Waals surface area contributed by atoms with E-state index in [0.29, 0.717) is 17.6 Å². The van der Waals surface area contributed by atoms with Gasteiger partial charge in [0.25, 0.3) is 0 Å². The molecular formula is C11H16O. The Hall–Kier alpha value is -0.590. The second-order valence-electron chi connectivity index (χ2n) is 4.21. The van der Waals surface area contributed by atoms with Crippen LogP contribution in [0.1, 0.15) is 33.1 Å². The van der Waals surface area contributed by atoms with E-state index in [4.69, 9.17) is 0 Å². The van der Waals surface area contributed by atoms with Crippen LogP contribution < -0.4 is 0 Å². The van der Waals surface area contributed by atoms with E-state index in [9.17, 15) is 4.79 Å². The maximum absolute atomic E-state index is 11.2. The third-order valence-electron chi connectivity index (χ3n) is 3.61. The van der Waals surface area contributed by atoms with Crippen LogP contribution in [0.5, 0.6) is 0 Å². The van der Waals surface area contributed by atoms with Gasteiger partial charge in [0.15, 0.2) is 0 Å². The quantitative estimate of drug-likeness (QED) is 0.544. The largest absolute Gasteiger partial charge is 0.300 e. The molecule has 0 radical (unpaired) electrons. The third kappa shape index (κ3) is 1.03. The van der Waals surface area contributed by atoms with Gasteiger partial charge in [-0.1, -0.05) is 11.6 Å². The van der Waals surface area contributed by atoms with E-state index < -0.39 is 0 Å². The molecule has 0 aromatic heterocycles. The van der Waals surface area contributed by atoms with Gasteiger partial charge in [0.1, 0.15) is 5.78 Å². The molecule has 0 aliphatic heterocycles. The predicted octanol–water partition coefficient (Wildman–Crippen LogP) is 2.57. The lowest BCUT2D eigenvalue weighted by molar-refractivity contribution is -0.121. The van der Waals surface area contributed by atoms with Crippen molar-refractivity contribution in [3.63, 3.8) is 0 Å². The van der Waals surface area contributed by atoms with E-state index in [1.165, 1.54) is 12.8 Å². The van der Waals surface area contributed by atoms with Gasteiger partial charge in [-0.25, -0.2) is 0 Å². The minimum Gasteiger partial charge on any atom is -0.300 e. The van der Waals surface area contributed by atoms with E-state index in [-0.39, 0.29) is 0 Å². The molecule has 2 aliphatic rings. The molecule has 2 aliphatic carbocycles. The lowest BCUT2D eigenvalue weighted by atomic mass is 9.83. The topological polar surface area (TPSA) is 17.1 Å². The molecule has 3 unspecified atom stereocenters. The Bertz CT molecular complexity index is 239. The number of hydrogen-bond donors (Lipinski definition) is 0. The number of allylic oxidation sites excluding steroid dienone is 2. The Morgan fingerprint density at radius 3 is 2.67 bits per heavy atom. The fourth-order valence-electron chi connectivity index (χ4n) is 2.97. The fraction of sp³-hybridized carbons (Fsp3) is 0.727. The molecule has 2 fully saturated rings. The van der Waals surface area contributed by atoms with Crippen molar-refractivity contribution in [2.24, 2.45) is 17.8 Å². The van der Waals surface area contributed by atoms with E-state index in [2.05, 4.69) is 13.0 Å². The lowest BCUT2D eigenvalue weighted by Gasteiger charge is -2.20. The molecule has 2 saturated carbocycles. The zero-order valence-corrected chi connectivity index (χ0v) is 7.84. The van der Waals surface area contributed by atoms with Crippen molar-refractivity contribution in [2.75, 3.05) is 0 Å². The van der Waals surface area contributed by atoms with Crippen LogP contribution >= 0.6 is 0 Å². The minimum atomic E-state index is 0.402. The fourth-order valence-corrected chi connectivity index (χ4v) is 2.97. The van der Waals surface area contributed by atoms with Gasteiger partial charge in [-0.3, -0.25) is 4.79 Å². The molecule has 0 amide bonds. The highest BCUT2D eigenvalue weighted by Gasteiger charge is 2.43. The second kappa shape index (κ2) is 2.72. The Labute approximate surface area is 73.8 Å². The Kier molecular flexibility index (Phi) is 1.82. The summed E-state index contributed by atoms with van der Waals surface area (Å²) in [6.07, 6.45) is 5.87. The highest BCUT2D eigenvalue weighted by molar-refractivity contribution is 5.79. The van der Waals surface area contributed by atoms with Gasteiger partial charge in [0.05, 0.1) is 0 Å². The molecule has 3 atom stereocenters. The summed E-state index contributed by atoms with van der Waals surface area (Å²) in [7, 11) is 0. The molecule has 2 rings (SSSR count). The summed E-state index contributed by atoms with van der Waals surface area (Å²) < 4.78 is 0. The van der Waals surface area contributed by atoms with E-state index in [1.54, 1.807) is 12.5 Å². The number of hydrogen-bond acceptors (Lipinski definition) is 1. The third-order valence-corrected chi connectivity index (χ3v) is 3.61. The first kappa shape index (κ1) is 8.03. The maximum atomic E-state index is 11.2. The first-order valence-corrected chi connectivity index (χ1v) is 4.88. The van der Waals surface area contributed by atoms with Crippen molar-refractivity contribution < 1.29 is 4.79 Å². The van der Waals surface area contributed by atoms with E-state index in [1.807, 2.05) is 0 Å². The number of ketones is 1. The van der Waals surface area contributed by atoms with Crippen molar-refractivity contribution in [3.8, 4) is 0 Å². The standard InChI is InChI=1S/C11H16O/c1-3-8-4-10-5-9(8)6-11(10)7(2)12/h3,9-11H,4-6H2,1-2H3/b8-3+. The predicted molar refractivity (Wildman–Crippen MR) is 48.8 cm³/mol. The first-order valence-electron chi connectivity index (χ1n) is 4.88. The van der Waals surface area contributed by atoms with Gasteiger partial charge in [0, 0.05) is 5.92 Å². The lowest BCUT2D eigenvalue weighted by Crippen LogP contribution is -2.18. The number of carbonyl (C=O) groups excluding carboxylic acids is 1. The van der Waals surface area contributed by atoms with Crippen molar-refractivity contribution >= 4 is 5.78 Å². The summed E-state index contributed by atoms with van der Waals surface area (Å²) >= 11 is 0. The van der Waals surface area contributed by atoms with Gasteiger partial charge >= 0.3 is 0 Å². The van der Waals surface area contributed by atoms with Crippen molar-refractivity contribution in [3.05, 3.63) is 11.6 Å². The number of carbonyl (C=O) groups is 1. The molecule has 0 aromatic rings. The summed E-state index contributed by atoms with van der Waals surface area (Å²) in [4.78, 5) is 11.2. The van der Waals surface area contributed by atoms with Crippen molar-refractivity contribution in [2.45, 2.75) is 33.1 Å². The molecule has 0 saturated heterocycles. The monoisotopic (exact) mass is 164 g/mol. The normalized spacial score (nSPS) is 42.5. The summed E-state index contributed by atoms with van der Waals surface area (Å²) in [6, 6.07) is 0. The van der Waals surface area contributed by atoms with Crippen LogP contribution in [-0.2, 0) is 4.79 Å². The highest BCUT2D eigenvalue weighted by Crippen LogP contribution is 2.51. The van der Waals surface area contributed by atoms with Gasteiger partial charge in [-0.15, -0.1) is 0 Å². The summed E-state index contributed by atoms with van der Waals surface area (Å²) in [5.41, 5.74) is 1.61. The average molecular weight is 164 g/mol. The Balaban J connectivity index is 2.13. The minimum absolute atomic E-state index is 0.402. The van der Waals surface area contributed by atoms with Crippen LogP contribution in [0.25, 0.3) is 0 Å². The van der Waals surface area contributed by atoms with Gasteiger partial charge in [-0.2, -0.15) is 0 Å². The zero-order valence-electron chi connectivity index (χ0n) is 7.84. The van der Waals surface area contributed by atoms with Crippen LogP contribution in [0.15, 0.2) is 11.6 Å². The highest BCUT2D eigenvalue weighted by atomic mass is 16.1. The van der Waals surface area contributed by atoms with Crippen molar-refractivity contribution in [1.29, 1.82) is 0 Å². The molecule has 1 heteroatoms. The van der Waals surface area contributed by atoms with Crippen LogP contribution in [0.2, 0.25) is 0 Å². The van der Waals surface area contributed by atoms with Gasteiger partial charge in [-0.05, 0) is 44.9 Å². The first-order chi connectivity index (χ1) is 5.72. The Morgan fingerprint density at radius 2 is 2.25 bits per heavy atom. The van der Waals surface area contributed by atoms with Crippen LogP contribution in [0, 0.1) is 17.8 Å². The van der Waals surface area contributed by atoms with Gasteiger partial charge in [0.2, 0.25) is 0 Å². The molecule has 0 aromatic carbocycles. The van der Waals surface area contributed by atoms with E-state index >= 15 is 0 Å². The Morgan fingerprint density at radius 1 is 1.50 bits per heavy atom. The van der Waals surface area contributed by atoms with Gasteiger partial charge < -0.3 is 0 Å². The summed E-state index contributed by atoms with van der Waals surface area (Å²) in [6.45, 7) is 3.87. The molecule has 1 nitrogen and oxygen atoms in total. The number of Topliss-reactive ketones (excluding diaryl/α,β-unsaturated/α-hetero) is 1. The summed E-state index contributed by atoms with van der Waals surface area (Å²) in [5, 5.41) is 0. The van der Waals surface area contributed by atoms with Crippen LogP contribution in [0.4, 0.5) is 0 Å². The average Bonchev–Trinajstić information content (AvgIpc) is 2.60. The molecular weight excluding hydrogens is 148 g/mol. The molecule has 66 valence electrons. The van der Waals surface area contributed by atoms with E-state index in [0.717, 1.165) is 12.3 Å². The number of rotatable bonds is 1. The SMILES string of the molecule is C/C=C1\CC2CC1CC2C(C)=O.